The molecule has 1 rings (SSSR count). The van der Waals surface area contributed by atoms with Crippen molar-refractivity contribution in [3.05, 3.63) is 28.2 Å². The van der Waals surface area contributed by atoms with Crippen molar-refractivity contribution >= 4 is 40.2 Å². The lowest BCUT2D eigenvalue weighted by molar-refractivity contribution is -0.115. The summed E-state index contributed by atoms with van der Waals surface area (Å²) in [5.41, 5.74) is 2.03. The fourth-order valence-electron chi connectivity index (χ4n) is 1.29. The average Bonchev–Trinajstić information content (AvgIpc) is 2.21. The minimum Gasteiger partial charge on any atom is -0.326 e. The molecule has 2 nitrogen and oxygen atoms in total. The Labute approximate surface area is 104 Å². The van der Waals surface area contributed by atoms with E-state index in [1.807, 2.05) is 18.2 Å². The van der Waals surface area contributed by atoms with Crippen molar-refractivity contribution in [1.29, 1.82) is 0 Å². The fraction of sp³-hybridized carbons (Fsp3) is 0.364. The maximum absolute atomic E-state index is 11.4. The Morgan fingerprint density at radius 1 is 1.53 bits per heavy atom. The normalized spacial score (nSPS) is 10.1. The zero-order chi connectivity index (χ0) is 11.3. The van der Waals surface area contributed by atoms with Crippen LogP contribution < -0.4 is 5.32 Å². The van der Waals surface area contributed by atoms with Crippen LogP contribution in [0.2, 0.25) is 0 Å². The van der Waals surface area contributed by atoms with Gasteiger partial charge in [-0.2, -0.15) is 12.6 Å². The molecule has 4 heteroatoms. The summed E-state index contributed by atoms with van der Waals surface area (Å²) in [7, 11) is 0. The van der Waals surface area contributed by atoms with Gasteiger partial charge in [-0.15, -0.1) is 0 Å². The van der Waals surface area contributed by atoms with Crippen LogP contribution in [0, 0.1) is 0 Å². The maximum Gasteiger partial charge on any atom is 0.225 e. The molecule has 1 aromatic carbocycles. The third-order valence-electron chi connectivity index (χ3n) is 2.06. The van der Waals surface area contributed by atoms with Gasteiger partial charge in [0.05, 0.1) is 0 Å². The third kappa shape index (κ3) is 3.87. The number of carbonyl (C=O) groups excluding carboxylic acids is 1. The molecule has 0 aliphatic carbocycles. The van der Waals surface area contributed by atoms with Crippen LogP contribution >= 0.6 is 28.6 Å². The second-order valence-corrected chi connectivity index (χ2v) is 4.54. The molecule has 0 aromatic heterocycles. The summed E-state index contributed by atoms with van der Waals surface area (Å²) < 4.78 is 1.03. The molecule has 0 aliphatic heterocycles. The van der Waals surface area contributed by atoms with Crippen molar-refractivity contribution in [2.75, 3.05) is 11.1 Å². The van der Waals surface area contributed by atoms with Gasteiger partial charge in [-0.25, -0.2) is 0 Å². The minimum atomic E-state index is 0.0158. The van der Waals surface area contributed by atoms with E-state index in [-0.39, 0.29) is 5.91 Å². The van der Waals surface area contributed by atoms with E-state index in [1.165, 1.54) is 0 Å². The molecule has 0 spiro atoms. The van der Waals surface area contributed by atoms with Crippen LogP contribution in [0.15, 0.2) is 22.7 Å². The second-order valence-electron chi connectivity index (χ2n) is 3.18. The summed E-state index contributed by atoms with van der Waals surface area (Å²) in [5.74, 6) is 0.589. The molecule has 0 saturated carbocycles. The molecule has 0 fully saturated rings. The van der Waals surface area contributed by atoms with Crippen molar-refractivity contribution in [3.63, 3.8) is 0 Å². The Balaban J connectivity index is 2.80. The highest BCUT2D eigenvalue weighted by molar-refractivity contribution is 9.10. The number of nitrogens with one attached hydrogen (secondary N) is 1. The number of thiol groups is 1. The molecule has 1 N–H and O–H groups in total. The van der Waals surface area contributed by atoms with Crippen molar-refractivity contribution in [2.45, 2.75) is 19.8 Å². The molecular weight excluding hydrogens is 274 g/mol. The van der Waals surface area contributed by atoms with E-state index in [1.54, 1.807) is 0 Å². The highest BCUT2D eigenvalue weighted by Crippen LogP contribution is 2.21. The predicted octanol–water partition coefficient (Wildman–Crippen LogP) is 3.27. The Morgan fingerprint density at radius 2 is 2.27 bits per heavy atom. The summed E-state index contributed by atoms with van der Waals surface area (Å²) >= 11 is 7.43. The van der Waals surface area contributed by atoms with Gasteiger partial charge in [-0.05, 0) is 35.9 Å². The molecule has 82 valence electrons. The predicted molar refractivity (Wildman–Crippen MR) is 70.6 cm³/mol. The lowest BCUT2D eigenvalue weighted by atomic mass is 10.1. The number of halogens is 1. The van der Waals surface area contributed by atoms with E-state index < -0.39 is 0 Å². The SMILES string of the molecule is CCc1cc(Br)ccc1NC(=O)CCS. The van der Waals surface area contributed by atoms with Crippen LogP contribution in [-0.2, 0) is 11.2 Å². The van der Waals surface area contributed by atoms with Crippen LogP contribution in [0.3, 0.4) is 0 Å². The van der Waals surface area contributed by atoms with Crippen molar-refractivity contribution in [3.8, 4) is 0 Å². The highest BCUT2D eigenvalue weighted by atomic mass is 79.9. The average molecular weight is 288 g/mol. The van der Waals surface area contributed by atoms with Gasteiger partial charge in [0.2, 0.25) is 5.91 Å². The Bertz CT molecular complexity index is 354. The van der Waals surface area contributed by atoms with Gasteiger partial charge < -0.3 is 5.32 Å². The monoisotopic (exact) mass is 287 g/mol. The summed E-state index contributed by atoms with van der Waals surface area (Å²) in [6, 6.07) is 5.87. The van der Waals surface area contributed by atoms with E-state index >= 15 is 0 Å². The Hall–Kier alpha value is -0.480. The molecule has 0 saturated heterocycles. The van der Waals surface area contributed by atoms with Gasteiger partial charge in [0.25, 0.3) is 0 Å². The van der Waals surface area contributed by atoms with Crippen LogP contribution in [0.25, 0.3) is 0 Å². The van der Waals surface area contributed by atoms with Crippen LogP contribution in [-0.4, -0.2) is 11.7 Å². The number of anilines is 1. The standard InChI is InChI=1S/C11H14BrNOS/c1-2-8-7-9(12)3-4-10(8)13-11(14)5-6-15/h3-4,7,15H,2,5-6H2,1H3,(H,13,14). The lowest BCUT2D eigenvalue weighted by Gasteiger charge is -2.09. The zero-order valence-electron chi connectivity index (χ0n) is 8.59. The largest absolute Gasteiger partial charge is 0.326 e. The molecule has 0 unspecified atom stereocenters. The number of amides is 1. The number of hydrogen-bond acceptors (Lipinski definition) is 2. The van der Waals surface area contributed by atoms with Crippen molar-refractivity contribution in [1.82, 2.24) is 0 Å². The second kappa shape index (κ2) is 6.18. The van der Waals surface area contributed by atoms with Crippen LogP contribution in [0.5, 0.6) is 0 Å². The molecular formula is C11H14BrNOS. The van der Waals surface area contributed by atoms with E-state index in [0.717, 1.165) is 22.1 Å². The van der Waals surface area contributed by atoms with E-state index in [0.29, 0.717) is 12.2 Å². The first-order valence-corrected chi connectivity index (χ1v) is 6.29. The number of benzene rings is 1. The smallest absolute Gasteiger partial charge is 0.225 e. The summed E-state index contributed by atoms with van der Waals surface area (Å²) in [6.45, 7) is 2.07. The van der Waals surface area contributed by atoms with E-state index in [4.69, 9.17) is 0 Å². The topological polar surface area (TPSA) is 29.1 Å². The van der Waals surface area contributed by atoms with Crippen LogP contribution in [0.1, 0.15) is 18.9 Å². The van der Waals surface area contributed by atoms with Gasteiger partial charge in [0.15, 0.2) is 0 Å². The van der Waals surface area contributed by atoms with Gasteiger partial charge in [-0.1, -0.05) is 22.9 Å². The minimum absolute atomic E-state index is 0.0158. The third-order valence-corrected chi connectivity index (χ3v) is 2.78. The quantitative estimate of drug-likeness (QED) is 0.818. The summed E-state index contributed by atoms with van der Waals surface area (Å²) in [4.78, 5) is 11.4. The number of carbonyl (C=O) groups is 1. The first-order valence-electron chi connectivity index (χ1n) is 4.86. The molecule has 1 amide bonds. The Morgan fingerprint density at radius 3 is 2.87 bits per heavy atom. The molecule has 0 heterocycles. The maximum atomic E-state index is 11.4. The molecule has 15 heavy (non-hydrogen) atoms. The lowest BCUT2D eigenvalue weighted by Crippen LogP contribution is -2.13. The molecule has 0 radical (unpaired) electrons. The molecule has 1 aromatic rings. The van der Waals surface area contributed by atoms with E-state index in [9.17, 15) is 4.79 Å². The fourth-order valence-corrected chi connectivity index (χ4v) is 1.90. The van der Waals surface area contributed by atoms with Crippen LogP contribution in [0.4, 0.5) is 5.69 Å². The molecule has 0 aliphatic rings. The van der Waals surface area contributed by atoms with Gasteiger partial charge >= 0.3 is 0 Å². The number of hydrogen-bond donors (Lipinski definition) is 2. The highest BCUT2D eigenvalue weighted by Gasteiger charge is 2.05. The summed E-state index contributed by atoms with van der Waals surface area (Å²) in [5, 5.41) is 2.88. The van der Waals surface area contributed by atoms with Gasteiger partial charge in [-0.3, -0.25) is 4.79 Å². The number of aryl methyl sites for hydroxylation is 1. The van der Waals surface area contributed by atoms with Crippen molar-refractivity contribution < 1.29 is 4.79 Å². The first-order chi connectivity index (χ1) is 7.17. The Kier molecular flexibility index (Phi) is 5.19. The van der Waals surface area contributed by atoms with Gasteiger partial charge in [0, 0.05) is 16.6 Å². The van der Waals surface area contributed by atoms with E-state index in [2.05, 4.69) is 40.8 Å². The first kappa shape index (κ1) is 12.6. The molecule has 0 atom stereocenters. The molecule has 0 bridgehead atoms. The van der Waals surface area contributed by atoms with Crippen molar-refractivity contribution in [2.24, 2.45) is 0 Å². The summed E-state index contributed by atoms with van der Waals surface area (Å²) in [6.07, 6.45) is 1.35. The zero-order valence-corrected chi connectivity index (χ0v) is 11.1. The number of rotatable bonds is 4. The van der Waals surface area contributed by atoms with Gasteiger partial charge in [0.1, 0.15) is 0 Å².